The van der Waals surface area contributed by atoms with E-state index in [2.05, 4.69) is 12.2 Å². The minimum Gasteiger partial charge on any atom is -0.379 e. The lowest BCUT2D eigenvalue weighted by Crippen LogP contribution is -2.42. The molecule has 1 aliphatic heterocycles. The maximum atomic E-state index is 5.96. The van der Waals surface area contributed by atoms with Crippen molar-refractivity contribution in [3.8, 4) is 0 Å². The molecule has 88 valence electrons. The third-order valence-electron chi connectivity index (χ3n) is 2.92. The fourth-order valence-corrected chi connectivity index (χ4v) is 2.09. The molecule has 4 heteroatoms. The highest BCUT2D eigenvalue weighted by Crippen LogP contribution is 2.23. The molecule has 1 aromatic carbocycles. The molecule has 2 rings (SSSR count). The monoisotopic (exact) mass is 259 g/mol. The van der Waals surface area contributed by atoms with Crippen molar-refractivity contribution in [3.63, 3.8) is 0 Å². The summed E-state index contributed by atoms with van der Waals surface area (Å²) in [6.45, 7) is 4.58. The second-order valence-electron chi connectivity index (χ2n) is 4.47. The summed E-state index contributed by atoms with van der Waals surface area (Å²) in [7, 11) is 0. The number of rotatable bonds is 3. The Bertz CT molecular complexity index is 375. The maximum absolute atomic E-state index is 5.96. The van der Waals surface area contributed by atoms with Gasteiger partial charge in [0, 0.05) is 18.7 Å². The first kappa shape index (κ1) is 12.2. The van der Waals surface area contributed by atoms with E-state index < -0.39 is 0 Å². The molecule has 0 bridgehead atoms. The Labute approximate surface area is 106 Å². The lowest BCUT2D eigenvalue weighted by molar-refractivity contribution is 0.171. The fourth-order valence-electron chi connectivity index (χ4n) is 1.77. The first-order valence-electron chi connectivity index (χ1n) is 5.36. The van der Waals surface area contributed by atoms with E-state index in [-0.39, 0.29) is 5.54 Å². The van der Waals surface area contributed by atoms with Crippen LogP contribution >= 0.6 is 23.2 Å². The summed E-state index contributed by atoms with van der Waals surface area (Å²) >= 11 is 11.8. The minimum atomic E-state index is 0.0894. The molecule has 1 fully saturated rings. The Morgan fingerprint density at radius 3 is 2.81 bits per heavy atom. The van der Waals surface area contributed by atoms with E-state index in [9.17, 15) is 0 Å². The lowest BCUT2D eigenvalue weighted by atomic mass is 10.0. The Balaban J connectivity index is 1.96. The largest absolute Gasteiger partial charge is 0.379 e. The number of halogens is 2. The highest BCUT2D eigenvalue weighted by Gasteiger charge is 2.28. The van der Waals surface area contributed by atoms with Crippen molar-refractivity contribution < 1.29 is 4.74 Å². The van der Waals surface area contributed by atoms with Crippen molar-refractivity contribution in [1.29, 1.82) is 0 Å². The molecule has 16 heavy (non-hydrogen) atoms. The van der Waals surface area contributed by atoms with Gasteiger partial charge in [-0.2, -0.15) is 0 Å². The van der Waals surface area contributed by atoms with Crippen molar-refractivity contribution in [1.82, 2.24) is 5.32 Å². The Hall–Kier alpha value is -0.280. The topological polar surface area (TPSA) is 21.3 Å². The first-order chi connectivity index (χ1) is 7.59. The average Bonchev–Trinajstić information content (AvgIpc) is 2.68. The van der Waals surface area contributed by atoms with E-state index >= 15 is 0 Å². The highest BCUT2D eigenvalue weighted by atomic mass is 35.5. The third kappa shape index (κ3) is 2.89. The van der Waals surface area contributed by atoms with Crippen LogP contribution in [-0.2, 0) is 11.3 Å². The molecule has 2 nitrogen and oxygen atoms in total. The average molecular weight is 260 g/mol. The quantitative estimate of drug-likeness (QED) is 0.900. The van der Waals surface area contributed by atoms with Crippen LogP contribution < -0.4 is 5.32 Å². The molecule has 0 aromatic heterocycles. The maximum Gasteiger partial charge on any atom is 0.0646 e. The van der Waals surface area contributed by atoms with Gasteiger partial charge >= 0.3 is 0 Å². The van der Waals surface area contributed by atoms with Crippen molar-refractivity contribution >= 4 is 23.2 Å². The van der Waals surface area contributed by atoms with E-state index in [1.54, 1.807) is 0 Å². The van der Waals surface area contributed by atoms with E-state index in [0.29, 0.717) is 10.0 Å². The Morgan fingerprint density at radius 2 is 2.19 bits per heavy atom. The van der Waals surface area contributed by atoms with Crippen molar-refractivity contribution in [2.75, 3.05) is 13.2 Å². The van der Waals surface area contributed by atoms with Crippen LogP contribution in [0.4, 0.5) is 0 Å². The molecule has 1 aromatic rings. The summed E-state index contributed by atoms with van der Waals surface area (Å²) in [5, 5.41) is 4.70. The number of benzene rings is 1. The van der Waals surface area contributed by atoms with Crippen LogP contribution in [0.3, 0.4) is 0 Å². The molecule has 1 saturated heterocycles. The number of nitrogens with one attached hydrogen (secondary N) is 1. The van der Waals surface area contributed by atoms with Crippen LogP contribution in [-0.4, -0.2) is 18.8 Å². The van der Waals surface area contributed by atoms with E-state index in [4.69, 9.17) is 27.9 Å². The van der Waals surface area contributed by atoms with Crippen molar-refractivity contribution in [3.05, 3.63) is 33.8 Å². The predicted molar refractivity (Wildman–Crippen MR) is 67.1 cm³/mol. The smallest absolute Gasteiger partial charge is 0.0646 e. The fraction of sp³-hybridized carbons (Fsp3) is 0.500. The normalized spacial score (nSPS) is 24.9. The summed E-state index contributed by atoms with van der Waals surface area (Å²) in [5.41, 5.74) is 1.23. The highest BCUT2D eigenvalue weighted by molar-refractivity contribution is 6.42. The van der Waals surface area contributed by atoms with E-state index in [1.807, 2.05) is 18.2 Å². The van der Waals surface area contributed by atoms with Crippen LogP contribution in [0, 0.1) is 0 Å². The summed E-state index contributed by atoms with van der Waals surface area (Å²) < 4.78 is 5.38. The summed E-state index contributed by atoms with van der Waals surface area (Å²) in [6.07, 6.45) is 1.05. The number of ether oxygens (including phenoxy) is 1. The van der Waals surface area contributed by atoms with Crippen molar-refractivity contribution in [2.24, 2.45) is 0 Å². The zero-order valence-electron chi connectivity index (χ0n) is 9.22. The van der Waals surface area contributed by atoms with E-state index in [0.717, 1.165) is 31.7 Å². The van der Waals surface area contributed by atoms with Gasteiger partial charge in [-0.15, -0.1) is 0 Å². The van der Waals surface area contributed by atoms with Gasteiger partial charge in [0.25, 0.3) is 0 Å². The van der Waals surface area contributed by atoms with Gasteiger partial charge in [-0.1, -0.05) is 29.3 Å². The number of hydrogen-bond acceptors (Lipinski definition) is 2. The van der Waals surface area contributed by atoms with Crippen LogP contribution in [0.15, 0.2) is 18.2 Å². The number of hydrogen-bond donors (Lipinski definition) is 1. The molecule has 1 heterocycles. The van der Waals surface area contributed by atoms with Crippen LogP contribution in [0.5, 0.6) is 0 Å². The molecule has 0 amide bonds. The zero-order valence-corrected chi connectivity index (χ0v) is 10.7. The summed E-state index contributed by atoms with van der Waals surface area (Å²) in [4.78, 5) is 0. The van der Waals surface area contributed by atoms with Gasteiger partial charge in [0.15, 0.2) is 0 Å². The molecule has 0 radical (unpaired) electrons. The van der Waals surface area contributed by atoms with Gasteiger partial charge in [-0.3, -0.25) is 0 Å². The Morgan fingerprint density at radius 1 is 1.38 bits per heavy atom. The first-order valence-corrected chi connectivity index (χ1v) is 6.11. The molecular weight excluding hydrogens is 245 g/mol. The van der Waals surface area contributed by atoms with Gasteiger partial charge in [-0.05, 0) is 31.0 Å². The van der Waals surface area contributed by atoms with Crippen LogP contribution in [0.2, 0.25) is 10.0 Å². The van der Waals surface area contributed by atoms with Crippen molar-refractivity contribution in [2.45, 2.75) is 25.4 Å². The van der Waals surface area contributed by atoms with Crippen LogP contribution in [0.1, 0.15) is 18.9 Å². The SMILES string of the molecule is CC1(NCc2ccc(Cl)c(Cl)c2)CCOC1. The third-order valence-corrected chi connectivity index (χ3v) is 3.66. The van der Waals surface area contributed by atoms with Gasteiger partial charge in [0.2, 0.25) is 0 Å². The molecular formula is C12H15Cl2NO. The zero-order chi connectivity index (χ0) is 11.6. The molecule has 0 aliphatic carbocycles. The molecule has 0 spiro atoms. The second kappa shape index (κ2) is 4.92. The van der Waals surface area contributed by atoms with Gasteiger partial charge < -0.3 is 10.1 Å². The molecule has 1 unspecified atom stereocenters. The lowest BCUT2D eigenvalue weighted by Gasteiger charge is -2.23. The molecule has 1 atom stereocenters. The second-order valence-corrected chi connectivity index (χ2v) is 5.28. The van der Waals surface area contributed by atoms with E-state index in [1.165, 1.54) is 0 Å². The minimum absolute atomic E-state index is 0.0894. The van der Waals surface area contributed by atoms with Gasteiger partial charge in [0.1, 0.15) is 0 Å². The molecule has 1 N–H and O–H groups in total. The molecule has 1 aliphatic rings. The van der Waals surface area contributed by atoms with Gasteiger partial charge in [0.05, 0.1) is 16.7 Å². The van der Waals surface area contributed by atoms with Crippen LogP contribution in [0.25, 0.3) is 0 Å². The standard InChI is InChI=1S/C12H15Cl2NO/c1-12(4-5-16-8-12)15-7-9-2-3-10(13)11(14)6-9/h2-3,6,15H,4-5,7-8H2,1H3. The Kier molecular flexibility index (Phi) is 3.75. The summed E-state index contributed by atoms with van der Waals surface area (Å²) in [5.74, 6) is 0. The summed E-state index contributed by atoms with van der Waals surface area (Å²) in [6, 6.07) is 5.71. The predicted octanol–water partition coefficient (Wildman–Crippen LogP) is 3.26. The van der Waals surface area contributed by atoms with Gasteiger partial charge in [-0.25, -0.2) is 0 Å². The molecule has 0 saturated carbocycles.